The highest BCUT2D eigenvalue weighted by molar-refractivity contribution is 5.83. The predicted molar refractivity (Wildman–Crippen MR) is 99.8 cm³/mol. The summed E-state index contributed by atoms with van der Waals surface area (Å²) in [6, 6.07) is 6.61. The highest BCUT2D eigenvalue weighted by Gasteiger charge is 2.52. The molecule has 2 fully saturated rings. The summed E-state index contributed by atoms with van der Waals surface area (Å²) in [6.45, 7) is 10.2. The lowest BCUT2D eigenvalue weighted by Gasteiger charge is -2.53. The van der Waals surface area contributed by atoms with Crippen molar-refractivity contribution < 1.29 is 9.15 Å². The van der Waals surface area contributed by atoms with Gasteiger partial charge in [0.1, 0.15) is 17.4 Å². The predicted octanol–water partition coefficient (Wildman–Crippen LogP) is 4.77. The van der Waals surface area contributed by atoms with Crippen molar-refractivity contribution >= 4 is 11.0 Å². The molecule has 0 radical (unpaired) electrons. The van der Waals surface area contributed by atoms with E-state index in [1.807, 2.05) is 0 Å². The zero-order valence-corrected chi connectivity index (χ0v) is 15.7. The van der Waals surface area contributed by atoms with E-state index in [1.165, 1.54) is 35.8 Å². The first-order valence-corrected chi connectivity index (χ1v) is 9.82. The molecule has 2 aliphatic heterocycles. The minimum atomic E-state index is 0.131. The standard InChI is InChI=1S/C22H29NO2/c1-14-4-5-15-16-11-21(2,3)17-12-22(6-8-23-9-7-22)13-24-20(17)19(16)25-18(15)10-14/h4-5,10,17,20,23H,6-9,11-13H2,1-3H3/t17-,20-/m1/s1. The first-order valence-electron chi connectivity index (χ1n) is 9.82. The fourth-order valence-corrected chi connectivity index (χ4v) is 5.54. The molecule has 1 spiro atoms. The molecule has 1 aliphatic carbocycles. The average molecular weight is 339 g/mol. The van der Waals surface area contributed by atoms with Crippen molar-refractivity contribution in [3.63, 3.8) is 0 Å². The van der Waals surface area contributed by atoms with Gasteiger partial charge < -0.3 is 14.5 Å². The van der Waals surface area contributed by atoms with Gasteiger partial charge in [-0.25, -0.2) is 0 Å². The molecule has 3 aliphatic rings. The fourth-order valence-electron chi connectivity index (χ4n) is 5.54. The van der Waals surface area contributed by atoms with E-state index in [-0.39, 0.29) is 11.5 Å². The maximum atomic E-state index is 6.58. The minimum absolute atomic E-state index is 0.131. The van der Waals surface area contributed by atoms with E-state index < -0.39 is 0 Å². The highest BCUT2D eigenvalue weighted by Crippen LogP contribution is 2.58. The summed E-state index contributed by atoms with van der Waals surface area (Å²) in [5.74, 6) is 1.67. The van der Waals surface area contributed by atoms with Crippen molar-refractivity contribution in [2.45, 2.75) is 52.6 Å². The summed E-state index contributed by atoms with van der Waals surface area (Å²) < 4.78 is 12.9. The van der Waals surface area contributed by atoms with Crippen LogP contribution >= 0.6 is 0 Å². The molecule has 3 nitrogen and oxygen atoms in total. The molecule has 3 heteroatoms. The molecular formula is C22H29NO2. The third-order valence-corrected chi connectivity index (χ3v) is 7.13. The number of piperidine rings is 1. The second-order valence-electron chi connectivity index (χ2n) is 9.40. The number of fused-ring (bicyclic) bond motifs is 5. The number of rotatable bonds is 0. The zero-order valence-electron chi connectivity index (χ0n) is 15.7. The molecule has 5 rings (SSSR count). The quantitative estimate of drug-likeness (QED) is 0.751. The van der Waals surface area contributed by atoms with Gasteiger partial charge in [-0.3, -0.25) is 0 Å². The van der Waals surface area contributed by atoms with Gasteiger partial charge in [-0.1, -0.05) is 26.0 Å². The second-order valence-corrected chi connectivity index (χ2v) is 9.40. The number of aryl methyl sites for hydroxylation is 1. The second kappa shape index (κ2) is 5.34. The molecule has 25 heavy (non-hydrogen) atoms. The Balaban J connectivity index is 1.57. The molecule has 2 atom stereocenters. The Hall–Kier alpha value is -1.32. The van der Waals surface area contributed by atoms with Gasteiger partial charge in [-0.2, -0.15) is 0 Å². The van der Waals surface area contributed by atoms with Crippen LogP contribution in [0.1, 0.15) is 56.1 Å². The van der Waals surface area contributed by atoms with Gasteiger partial charge in [-0.05, 0) is 74.1 Å². The smallest absolute Gasteiger partial charge is 0.137 e. The summed E-state index contributed by atoms with van der Waals surface area (Å²) in [6.07, 6.45) is 5.00. The Morgan fingerprint density at radius 3 is 2.76 bits per heavy atom. The molecule has 134 valence electrons. The normalized spacial score (nSPS) is 30.2. The third kappa shape index (κ3) is 2.39. The Bertz CT molecular complexity index is 813. The van der Waals surface area contributed by atoms with Gasteiger partial charge >= 0.3 is 0 Å². The molecule has 0 amide bonds. The lowest BCUT2D eigenvalue weighted by atomic mass is 9.58. The van der Waals surface area contributed by atoms with E-state index in [0.29, 0.717) is 11.3 Å². The number of hydrogen-bond donors (Lipinski definition) is 1. The number of benzene rings is 1. The average Bonchev–Trinajstić information content (AvgIpc) is 2.92. The van der Waals surface area contributed by atoms with E-state index in [4.69, 9.17) is 9.15 Å². The molecule has 1 aromatic carbocycles. The van der Waals surface area contributed by atoms with Crippen LogP contribution in [-0.2, 0) is 11.2 Å². The first kappa shape index (κ1) is 15.9. The number of nitrogens with one attached hydrogen (secondary N) is 1. The summed E-state index contributed by atoms with van der Waals surface area (Å²) in [4.78, 5) is 0. The van der Waals surface area contributed by atoms with Crippen LogP contribution in [0.3, 0.4) is 0 Å². The van der Waals surface area contributed by atoms with Crippen LogP contribution in [0.15, 0.2) is 22.6 Å². The van der Waals surface area contributed by atoms with Crippen LogP contribution in [-0.4, -0.2) is 19.7 Å². The van der Waals surface area contributed by atoms with Crippen molar-refractivity contribution in [2.75, 3.05) is 19.7 Å². The molecule has 1 N–H and O–H groups in total. The Kier molecular flexibility index (Phi) is 3.40. The van der Waals surface area contributed by atoms with Crippen LogP contribution in [0.25, 0.3) is 11.0 Å². The molecule has 0 saturated carbocycles. The monoisotopic (exact) mass is 339 g/mol. The SMILES string of the molecule is Cc1ccc2c3c(oc2c1)[C@@H]1OCC2(CCNCC2)C[C@H]1C(C)(C)C3. The number of hydrogen-bond acceptors (Lipinski definition) is 3. The van der Waals surface area contributed by atoms with Crippen LogP contribution < -0.4 is 5.32 Å². The van der Waals surface area contributed by atoms with E-state index in [1.54, 1.807) is 0 Å². The lowest BCUT2D eigenvalue weighted by Crippen LogP contribution is -2.50. The minimum Gasteiger partial charge on any atom is -0.458 e. The van der Waals surface area contributed by atoms with Gasteiger partial charge in [0.05, 0.1) is 6.61 Å². The molecule has 0 bridgehead atoms. The summed E-state index contributed by atoms with van der Waals surface area (Å²) >= 11 is 0. The van der Waals surface area contributed by atoms with Crippen LogP contribution in [0.4, 0.5) is 0 Å². The van der Waals surface area contributed by atoms with Crippen molar-refractivity contribution in [3.05, 3.63) is 35.1 Å². The van der Waals surface area contributed by atoms with Gasteiger partial charge in [0.2, 0.25) is 0 Å². The Morgan fingerprint density at radius 2 is 1.96 bits per heavy atom. The van der Waals surface area contributed by atoms with Gasteiger partial charge in [-0.15, -0.1) is 0 Å². The summed E-state index contributed by atoms with van der Waals surface area (Å²) in [5.41, 5.74) is 4.31. The summed E-state index contributed by atoms with van der Waals surface area (Å²) in [5, 5.41) is 4.80. The molecule has 3 heterocycles. The van der Waals surface area contributed by atoms with Crippen LogP contribution in [0.2, 0.25) is 0 Å². The number of furan rings is 1. The van der Waals surface area contributed by atoms with Crippen LogP contribution in [0, 0.1) is 23.7 Å². The molecule has 2 aromatic rings. The fraction of sp³-hybridized carbons (Fsp3) is 0.636. The van der Waals surface area contributed by atoms with Crippen molar-refractivity contribution in [1.29, 1.82) is 0 Å². The van der Waals surface area contributed by atoms with Crippen LogP contribution in [0.5, 0.6) is 0 Å². The topological polar surface area (TPSA) is 34.4 Å². The van der Waals surface area contributed by atoms with Gasteiger partial charge in [0.15, 0.2) is 0 Å². The molecule has 1 aromatic heterocycles. The third-order valence-electron chi connectivity index (χ3n) is 7.13. The molecular weight excluding hydrogens is 310 g/mol. The van der Waals surface area contributed by atoms with E-state index in [9.17, 15) is 0 Å². The van der Waals surface area contributed by atoms with E-state index in [0.717, 1.165) is 37.5 Å². The van der Waals surface area contributed by atoms with Gasteiger partial charge in [0.25, 0.3) is 0 Å². The van der Waals surface area contributed by atoms with E-state index >= 15 is 0 Å². The maximum absolute atomic E-state index is 6.58. The van der Waals surface area contributed by atoms with E-state index in [2.05, 4.69) is 44.3 Å². The Morgan fingerprint density at radius 1 is 1.16 bits per heavy atom. The summed E-state index contributed by atoms with van der Waals surface area (Å²) in [7, 11) is 0. The van der Waals surface area contributed by atoms with Crippen molar-refractivity contribution in [1.82, 2.24) is 5.32 Å². The zero-order chi connectivity index (χ0) is 17.2. The largest absolute Gasteiger partial charge is 0.458 e. The molecule has 0 unspecified atom stereocenters. The lowest BCUT2D eigenvalue weighted by molar-refractivity contribution is -0.154. The van der Waals surface area contributed by atoms with Crippen molar-refractivity contribution in [2.24, 2.45) is 16.7 Å². The molecule has 2 saturated heterocycles. The van der Waals surface area contributed by atoms with Gasteiger partial charge in [0, 0.05) is 10.9 Å². The number of ether oxygens (including phenoxy) is 1. The Labute approximate surface area is 150 Å². The van der Waals surface area contributed by atoms with Crippen molar-refractivity contribution in [3.8, 4) is 0 Å². The maximum Gasteiger partial charge on any atom is 0.137 e. The highest BCUT2D eigenvalue weighted by atomic mass is 16.5. The first-order chi connectivity index (χ1) is 12.0.